The quantitative estimate of drug-likeness (QED) is 0.196. The van der Waals surface area contributed by atoms with E-state index in [1.807, 2.05) is 0 Å². The van der Waals surface area contributed by atoms with Gasteiger partial charge in [0, 0.05) is 32.1 Å². The predicted molar refractivity (Wildman–Crippen MR) is 136 cm³/mol. The number of halogens is 4. The number of carbonyl (C=O) groups is 1. The Balaban J connectivity index is 0.00000153. The van der Waals surface area contributed by atoms with Crippen LogP contribution in [0.3, 0.4) is 0 Å². The van der Waals surface area contributed by atoms with Crippen molar-refractivity contribution >= 4 is 37.9 Å². The van der Waals surface area contributed by atoms with Crippen molar-refractivity contribution in [2.75, 3.05) is 30.9 Å². The summed E-state index contributed by atoms with van der Waals surface area (Å²) in [7, 11) is 1.09. The lowest BCUT2D eigenvalue weighted by Crippen LogP contribution is -2.20. The normalized spacial score (nSPS) is 12.0. The van der Waals surface area contributed by atoms with Crippen LogP contribution in [0.5, 0.6) is 0 Å². The van der Waals surface area contributed by atoms with Crippen LogP contribution in [0.15, 0.2) is 54.7 Å². The number of aliphatic hydroxyl groups is 1. The summed E-state index contributed by atoms with van der Waals surface area (Å²) in [4.78, 5) is 19.8. The second-order valence-corrected chi connectivity index (χ2v) is 8.21. The van der Waals surface area contributed by atoms with Crippen molar-refractivity contribution in [3.63, 3.8) is 0 Å². The smallest absolute Gasteiger partial charge is 0.397 e. The van der Waals surface area contributed by atoms with Crippen molar-refractivity contribution in [1.82, 2.24) is 15.3 Å². The molecule has 13 heteroatoms. The van der Waals surface area contributed by atoms with Crippen molar-refractivity contribution in [3.05, 3.63) is 71.4 Å². The summed E-state index contributed by atoms with van der Waals surface area (Å²) in [6.45, 7) is 4.12. The van der Waals surface area contributed by atoms with E-state index >= 15 is 0 Å². The van der Waals surface area contributed by atoms with Gasteiger partial charge in [-0.25, -0.2) is 9.37 Å². The minimum Gasteiger partial charge on any atom is -0.397 e. The zero-order chi connectivity index (χ0) is 27.4. The molecular formula is C24H28F4N5O3P. The van der Waals surface area contributed by atoms with Gasteiger partial charge in [-0.05, 0) is 43.7 Å². The lowest BCUT2D eigenvalue weighted by Gasteiger charge is -2.16. The van der Waals surface area contributed by atoms with Gasteiger partial charge < -0.3 is 25.6 Å². The summed E-state index contributed by atoms with van der Waals surface area (Å²) in [6.07, 6.45) is -4.09. The van der Waals surface area contributed by atoms with E-state index in [1.165, 1.54) is 19.2 Å². The minimum atomic E-state index is -4.73. The first-order valence-corrected chi connectivity index (χ1v) is 12.1. The fourth-order valence-corrected chi connectivity index (χ4v) is 3.53. The summed E-state index contributed by atoms with van der Waals surface area (Å²) in [5.41, 5.74) is 0.0594. The SMILES string of the molecule is CCO.CCOPC(F)c1ccc(Nc2ncc(C(F)(F)F)c(Nc3ccccc3C(=O)NC)n2)cc1. The lowest BCUT2D eigenvalue weighted by atomic mass is 10.1. The number of carbonyl (C=O) groups excluding carboxylic acids is 1. The first-order valence-electron chi connectivity index (χ1n) is 11.2. The van der Waals surface area contributed by atoms with Crippen molar-refractivity contribution in [2.45, 2.75) is 25.9 Å². The standard InChI is InChI=1S/C22H22F4N5O2P.C2H6O/c1-3-33-34-18(23)13-8-10-14(11-9-13)29-21-28-12-16(22(24,25)26)19(31-21)30-17-7-5-4-6-15(17)20(32)27-2;1-2-3/h4-12,18,34H,3H2,1-2H3,(H,27,32)(H2,28,29,30,31);3H,2H2,1H3. The molecule has 2 unspecified atom stereocenters. The number of hydrogen-bond acceptors (Lipinski definition) is 7. The monoisotopic (exact) mass is 541 g/mol. The van der Waals surface area contributed by atoms with E-state index in [1.54, 1.807) is 50.2 Å². The molecule has 3 aromatic rings. The first kappa shape index (κ1) is 29.9. The number of anilines is 4. The van der Waals surface area contributed by atoms with E-state index in [0.717, 1.165) is 0 Å². The highest BCUT2D eigenvalue weighted by Gasteiger charge is 2.35. The zero-order valence-electron chi connectivity index (χ0n) is 20.4. The number of alkyl halides is 4. The third kappa shape index (κ3) is 8.92. The van der Waals surface area contributed by atoms with Gasteiger partial charge in [-0.3, -0.25) is 4.79 Å². The van der Waals surface area contributed by atoms with E-state index in [2.05, 4.69) is 25.9 Å². The molecule has 2 atom stereocenters. The molecular weight excluding hydrogens is 513 g/mol. The Labute approximate surface area is 213 Å². The third-order valence-corrected chi connectivity index (χ3v) is 5.53. The molecule has 2 aromatic carbocycles. The van der Waals surface area contributed by atoms with Crippen LogP contribution in [0.2, 0.25) is 0 Å². The average molecular weight is 541 g/mol. The Bertz CT molecular complexity index is 1150. The average Bonchev–Trinajstić information content (AvgIpc) is 2.87. The predicted octanol–water partition coefficient (Wildman–Crippen LogP) is 5.94. The third-order valence-electron chi connectivity index (χ3n) is 4.54. The highest BCUT2D eigenvalue weighted by molar-refractivity contribution is 7.32. The number of benzene rings is 2. The Morgan fingerprint density at radius 2 is 1.76 bits per heavy atom. The Hall–Kier alpha value is -3.34. The number of aliphatic hydroxyl groups excluding tert-OH is 1. The molecule has 200 valence electrons. The molecule has 0 aliphatic rings. The van der Waals surface area contributed by atoms with Gasteiger partial charge in [-0.1, -0.05) is 24.3 Å². The van der Waals surface area contributed by atoms with Gasteiger partial charge in [0.05, 0.1) is 20.1 Å². The van der Waals surface area contributed by atoms with Crippen LogP contribution in [0.4, 0.5) is 40.7 Å². The van der Waals surface area contributed by atoms with Crippen molar-refractivity contribution in [2.24, 2.45) is 0 Å². The van der Waals surface area contributed by atoms with Crippen molar-refractivity contribution in [3.8, 4) is 0 Å². The molecule has 8 nitrogen and oxygen atoms in total. The number of nitrogens with one attached hydrogen (secondary N) is 3. The maximum Gasteiger partial charge on any atom is 0.421 e. The van der Waals surface area contributed by atoms with Crippen LogP contribution in [0.1, 0.15) is 41.2 Å². The molecule has 4 N–H and O–H groups in total. The van der Waals surface area contributed by atoms with Crippen LogP contribution in [-0.4, -0.2) is 41.2 Å². The fourth-order valence-electron chi connectivity index (χ4n) is 2.89. The van der Waals surface area contributed by atoms with Crippen LogP contribution in [0, 0.1) is 0 Å². The molecule has 0 aliphatic carbocycles. The molecule has 3 rings (SSSR count). The molecule has 37 heavy (non-hydrogen) atoms. The molecule has 0 bridgehead atoms. The fraction of sp³-hybridized carbons (Fsp3) is 0.292. The molecule has 0 radical (unpaired) electrons. The Kier molecular flexibility index (Phi) is 11.6. The van der Waals surface area contributed by atoms with Gasteiger partial charge in [0.15, 0.2) is 5.91 Å². The maximum atomic E-state index is 14.1. The van der Waals surface area contributed by atoms with Crippen LogP contribution in [0.25, 0.3) is 0 Å². The number of para-hydroxylation sites is 1. The highest BCUT2D eigenvalue weighted by atomic mass is 31.1. The molecule has 1 amide bonds. The van der Waals surface area contributed by atoms with Gasteiger partial charge in [0.2, 0.25) is 5.95 Å². The second kappa shape index (κ2) is 14.4. The highest BCUT2D eigenvalue weighted by Crippen LogP contribution is 2.38. The zero-order valence-corrected chi connectivity index (χ0v) is 21.4. The number of aromatic nitrogens is 2. The number of rotatable bonds is 9. The van der Waals surface area contributed by atoms with Gasteiger partial charge >= 0.3 is 6.18 Å². The summed E-state index contributed by atoms with van der Waals surface area (Å²) >= 11 is 0. The topological polar surface area (TPSA) is 108 Å². The van der Waals surface area contributed by atoms with E-state index in [-0.39, 0.29) is 32.6 Å². The van der Waals surface area contributed by atoms with E-state index in [0.29, 0.717) is 24.1 Å². The second-order valence-electron chi connectivity index (χ2n) is 7.18. The number of nitrogens with zero attached hydrogens (tertiary/aromatic N) is 2. The molecule has 1 heterocycles. The van der Waals surface area contributed by atoms with Crippen LogP contribution < -0.4 is 16.0 Å². The van der Waals surface area contributed by atoms with E-state index in [4.69, 9.17) is 9.63 Å². The molecule has 0 aliphatic heterocycles. The lowest BCUT2D eigenvalue weighted by molar-refractivity contribution is -0.137. The number of hydrogen-bond donors (Lipinski definition) is 4. The van der Waals surface area contributed by atoms with E-state index < -0.39 is 29.4 Å². The first-order chi connectivity index (χ1) is 17.6. The Morgan fingerprint density at radius 3 is 2.35 bits per heavy atom. The molecule has 1 aromatic heterocycles. The largest absolute Gasteiger partial charge is 0.421 e. The van der Waals surface area contributed by atoms with Crippen LogP contribution in [-0.2, 0) is 10.7 Å². The Morgan fingerprint density at radius 1 is 1.11 bits per heavy atom. The van der Waals surface area contributed by atoms with E-state index in [9.17, 15) is 22.4 Å². The molecule has 0 fully saturated rings. The van der Waals surface area contributed by atoms with Gasteiger partial charge in [-0.15, -0.1) is 0 Å². The van der Waals surface area contributed by atoms with Gasteiger partial charge in [0.1, 0.15) is 11.4 Å². The summed E-state index contributed by atoms with van der Waals surface area (Å²) in [6, 6.07) is 12.3. The van der Waals surface area contributed by atoms with Crippen LogP contribution >= 0.6 is 8.81 Å². The molecule has 0 saturated heterocycles. The summed E-state index contributed by atoms with van der Waals surface area (Å²) < 4.78 is 59.9. The van der Waals surface area contributed by atoms with Gasteiger partial charge in [0.25, 0.3) is 5.91 Å². The van der Waals surface area contributed by atoms with Gasteiger partial charge in [-0.2, -0.15) is 18.2 Å². The minimum absolute atomic E-state index is 0.117. The van der Waals surface area contributed by atoms with Crippen molar-refractivity contribution in [1.29, 1.82) is 0 Å². The summed E-state index contributed by atoms with van der Waals surface area (Å²) in [5, 5.41) is 15.4. The van der Waals surface area contributed by atoms with Crippen molar-refractivity contribution < 1.29 is 32.0 Å². The molecule has 0 saturated carbocycles. The maximum absolute atomic E-state index is 14.1. The summed E-state index contributed by atoms with van der Waals surface area (Å²) in [5.74, 6) is -2.39. The molecule has 0 spiro atoms. The number of amides is 1.